The maximum Gasteiger partial charge on any atom is 0.303 e. The van der Waals surface area contributed by atoms with Crippen LogP contribution in [0.5, 0.6) is 0 Å². The lowest BCUT2D eigenvalue weighted by Crippen LogP contribution is -1.99. The molecule has 1 aliphatic carbocycles. The Bertz CT molecular complexity index is 378. The number of aliphatic carboxylic acids is 1. The minimum atomic E-state index is -0.767. The first-order valence-corrected chi connectivity index (χ1v) is 5.94. The van der Waals surface area contributed by atoms with Gasteiger partial charge in [0.1, 0.15) is 5.82 Å². The van der Waals surface area contributed by atoms with Gasteiger partial charge in [0.2, 0.25) is 0 Å². The molecule has 0 aliphatic heterocycles. The van der Waals surface area contributed by atoms with E-state index in [4.69, 9.17) is 5.11 Å². The molecule has 1 aliphatic rings. The van der Waals surface area contributed by atoms with E-state index < -0.39 is 5.97 Å². The van der Waals surface area contributed by atoms with Crippen LogP contribution in [0.15, 0.2) is 0 Å². The van der Waals surface area contributed by atoms with Crippen molar-refractivity contribution in [2.45, 2.75) is 51.4 Å². The molecule has 1 fully saturated rings. The number of H-pyrrole nitrogens is 1. The lowest BCUT2D eigenvalue weighted by molar-refractivity contribution is -0.137. The van der Waals surface area contributed by atoms with Gasteiger partial charge >= 0.3 is 5.97 Å². The summed E-state index contributed by atoms with van der Waals surface area (Å²) in [6.07, 6.45) is 5.69. The van der Waals surface area contributed by atoms with E-state index in [0.29, 0.717) is 12.3 Å². The summed E-state index contributed by atoms with van der Waals surface area (Å²) in [6.45, 7) is 2.03. The zero-order chi connectivity index (χ0) is 11.5. The van der Waals surface area contributed by atoms with E-state index >= 15 is 0 Å². The molecule has 0 atom stereocenters. The minimum absolute atomic E-state index is 0.150. The molecule has 4 heteroatoms. The van der Waals surface area contributed by atoms with Crippen molar-refractivity contribution < 1.29 is 9.90 Å². The summed E-state index contributed by atoms with van der Waals surface area (Å²) in [4.78, 5) is 18.2. The fourth-order valence-electron chi connectivity index (χ4n) is 2.48. The Kier molecular flexibility index (Phi) is 3.27. The average Bonchev–Trinajstić information content (AvgIpc) is 2.83. The molecule has 16 heavy (non-hydrogen) atoms. The summed E-state index contributed by atoms with van der Waals surface area (Å²) >= 11 is 0. The van der Waals surface area contributed by atoms with E-state index in [2.05, 4.69) is 9.97 Å². The number of carbonyl (C=O) groups is 1. The predicted octanol–water partition coefficient (Wildman–Crippen LogP) is 2.39. The van der Waals surface area contributed by atoms with Crippen LogP contribution in [0.2, 0.25) is 0 Å². The highest BCUT2D eigenvalue weighted by atomic mass is 16.4. The van der Waals surface area contributed by atoms with E-state index in [-0.39, 0.29) is 6.42 Å². The molecule has 0 bridgehead atoms. The van der Waals surface area contributed by atoms with Crippen LogP contribution in [0.4, 0.5) is 0 Å². The van der Waals surface area contributed by atoms with Crippen molar-refractivity contribution in [3.05, 3.63) is 17.2 Å². The van der Waals surface area contributed by atoms with Crippen LogP contribution in [0.25, 0.3) is 0 Å². The molecule has 0 saturated heterocycles. The maximum atomic E-state index is 10.5. The van der Waals surface area contributed by atoms with E-state index in [0.717, 1.165) is 17.2 Å². The fraction of sp³-hybridized carbons (Fsp3) is 0.667. The van der Waals surface area contributed by atoms with Crippen molar-refractivity contribution in [1.29, 1.82) is 0 Å². The lowest BCUT2D eigenvalue weighted by Gasteiger charge is -2.05. The SMILES string of the molecule is Cc1[nH]c(CCC(=O)O)nc1C1CCCC1. The standard InChI is InChI=1S/C12H18N2O2/c1-8-12(9-4-2-3-5-9)14-10(13-8)6-7-11(15)16/h9H,2-7H2,1H3,(H,13,14)(H,15,16). The van der Waals surface area contributed by atoms with Gasteiger partial charge in [-0.1, -0.05) is 12.8 Å². The van der Waals surface area contributed by atoms with Gasteiger partial charge < -0.3 is 10.1 Å². The van der Waals surface area contributed by atoms with Crippen LogP contribution in [0.3, 0.4) is 0 Å². The molecule has 0 aromatic carbocycles. The number of aryl methyl sites for hydroxylation is 2. The summed E-state index contributed by atoms with van der Waals surface area (Å²) in [5, 5.41) is 8.62. The van der Waals surface area contributed by atoms with Crippen LogP contribution in [-0.4, -0.2) is 21.0 Å². The molecule has 2 N–H and O–H groups in total. The van der Waals surface area contributed by atoms with Crippen molar-refractivity contribution in [2.24, 2.45) is 0 Å². The Hall–Kier alpha value is -1.32. The molecule has 0 unspecified atom stereocenters. The van der Waals surface area contributed by atoms with Gasteiger partial charge in [0.05, 0.1) is 12.1 Å². The number of aromatic amines is 1. The number of carboxylic acid groups (broad SMARTS) is 1. The van der Waals surface area contributed by atoms with Gasteiger partial charge in [-0.25, -0.2) is 4.98 Å². The summed E-state index contributed by atoms with van der Waals surface area (Å²) in [5.41, 5.74) is 2.28. The number of nitrogens with zero attached hydrogens (tertiary/aromatic N) is 1. The summed E-state index contributed by atoms with van der Waals surface area (Å²) in [6, 6.07) is 0. The monoisotopic (exact) mass is 222 g/mol. The molecule has 1 aromatic heterocycles. The Labute approximate surface area is 95.1 Å². The van der Waals surface area contributed by atoms with Crippen LogP contribution in [-0.2, 0) is 11.2 Å². The molecule has 88 valence electrons. The second kappa shape index (κ2) is 4.68. The highest BCUT2D eigenvalue weighted by Crippen LogP contribution is 2.34. The molecule has 1 aromatic rings. The molecule has 0 radical (unpaired) electrons. The topological polar surface area (TPSA) is 66.0 Å². The van der Waals surface area contributed by atoms with Crippen LogP contribution < -0.4 is 0 Å². The number of hydrogen-bond acceptors (Lipinski definition) is 2. The first kappa shape index (κ1) is 11.2. The zero-order valence-corrected chi connectivity index (χ0v) is 9.62. The normalized spacial score (nSPS) is 16.8. The second-order valence-electron chi connectivity index (χ2n) is 4.57. The Morgan fingerprint density at radius 1 is 1.50 bits per heavy atom. The first-order chi connectivity index (χ1) is 7.66. The lowest BCUT2D eigenvalue weighted by atomic mass is 10.0. The number of rotatable bonds is 4. The average molecular weight is 222 g/mol. The van der Waals surface area contributed by atoms with Gasteiger partial charge in [-0.2, -0.15) is 0 Å². The van der Waals surface area contributed by atoms with Gasteiger partial charge in [-0.3, -0.25) is 4.79 Å². The number of aromatic nitrogens is 2. The van der Waals surface area contributed by atoms with Crippen molar-refractivity contribution in [1.82, 2.24) is 9.97 Å². The van der Waals surface area contributed by atoms with E-state index in [1.54, 1.807) is 0 Å². The fourth-order valence-corrected chi connectivity index (χ4v) is 2.48. The van der Waals surface area contributed by atoms with E-state index in [1.807, 2.05) is 6.92 Å². The molecule has 1 heterocycles. The molecular formula is C12H18N2O2. The quantitative estimate of drug-likeness (QED) is 0.822. The van der Waals surface area contributed by atoms with Crippen molar-refractivity contribution in [3.63, 3.8) is 0 Å². The third-order valence-electron chi connectivity index (χ3n) is 3.29. The van der Waals surface area contributed by atoms with Gasteiger partial charge in [0.15, 0.2) is 0 Å². The molecule has 0 amide bonds. The van der Waals surface area contributed by atoms with Crippen LogP contribution in [0, 0.1) is 6.92 Å². The third kappa shape index (κ3) is 2.43. The smallest absolute Gasteiger partial charge is 0.303 e. The Balaban J connectivity index is 2.05. The van der Waals surface area contributed by atoms with Gasteiger partial charge in [0, 0.05) is 18.0 Å². The molecule has 2 rings (SSSR count). The predicted molar refractivity (Wildman–Crippen MR) is 60.5 cm³/mol. The van der Waals surface area contributed by atoms with Crippen molar-refractivity contribution in [2.75, 3.05) is 0 Å². The van der Waals surface area contributed by atoms with Crippen LogP contribution >= 0.6 is 0 Å². The van der Waals surface area contributed by atoms with E-state index in [1.165, 1.54) is 25.7 Å². The number of hydrogen-bond donors (Lipinski definition) is 2. The van der Waals surface area contributed by atoms with Gasteiger partial charge in [0.25, 0.3) is 0 Å². The molecule has 0 spiro atoms. The summed E-state index contributed by atoms with van der Waals surface area (Å²) in [5.74, 6) is 0.646. The Morgan fingerprint density at radius 2 is 2.19 bits per heavy atom. The largest absolute Gasteiger partial charge is 0.481 e. The van der Waals surface area contributed by atoms with E-state index in [9.17, 15) is 4.79 Å². The molecular weight excluding hydrogens is 204 g/mol. The zero-order valence-electron chi connectivity index (χ0n) is 9.62. The van der Waals surface area contributed by atoms with Crippen LogP contribution in [0.1, 0.15) is 55.2 Å². The minimum Gasteiger partial charge on any atom is -0.481 e. The number of imidazole rings is 1. The maximum absolute atomic E-state index is 10.5. The highest BCUT2D eigenvalue weighted by molar-refractivity contribution is 5.66. The molecule has 1 saturated carbocycles. The van der Waals surface area contributed by atoms with Crippen molar-refractivity contribution in [3.8, 4) is 0 Å². The highest BCUT2D eigenvalue weighted by Gasteiger charge is 2.21. The number of carboxylic acids is 1. The van der Waals surface area contributed by atoms with Gasteiger partial charge in [-0.05, 0) is 19.8 Å². The van der Waals surface area contributed by atoms with Crippen molar-refractivity contribution >= 4 is 5.97 Å². The summed E-state index contributed by atoms with van der Waals surface area (Å²) in [7, 11) is 0. The summed E-state index contributed by atoms with van der Waals surface area (Å²) < 4.78 is 0. The Morgan fingerprint density at radius 3 is 2.81 bits per heavy atom. The second-order valence-corrected chi connectivity index (χ2v) is 4.57. The third-order valence-corrected chi connectivity index (χ3v) is 3.29. The van der Waals surface area contributed by atoms with Gasteiger partial charge in [-0.15, -0.1) is 0 Å². The first-order valence-electron chi connectivity index (χ1n) is 5.94. The number of nitrogens with one attached hydrogen (secondary N) is 1. The molecule has 4 nitrogen and oxygen atoms in total.